The average Bonchev–Trinajstić information content (AvgIpc) is 2.49. The average molecular weight is 325 g/mol. The van der Waals surface area contributed by atoms with E-state index in [1.54, 1.807) is 0 Å². The molecule has 0 aromatic carbocycles. The van der Waals surface area contributed by atoms with Crippen LogP contribution in [0.5, 0.6) is 0 Å². The van der Waals surface area contributed by atoms with Gasteiger partial charge >= 0.3 is 0 Å². The van der Waals surface area contributed by atoms with E-state index in [0.717, 1.165) is 19.4 Å². The Labute approximate surface area is 124 Å². The number of nitrogens with one attached hydrogen (secondary N) is 1. The first-order chi connectivity index (χ1) is 9.25. The van der Waals surface area contributed by atoms with Gasteiger partial charge in [0.05, 0.1) is 35.6 Å². The Bertz CT molecular complexity index is 464. The second-order valence-corrected chi connectivity index (χ2v) is 8.67. The lowest BCUT2D eigenvalue weighted by Gasteiger charge is -2.34. The standard InChI is InChI=1S/C12H21ClN2O4S/c1-15(4-8-2-9(16)3-8)5-12(17)14-11-7-20(18,19)6-10(11)13/h8-11,16H,2-7H2,1H3,(H,14,17). The van der Waals surface area contributed by atoms with Crippen LogP contribution in [0.4, 0.5) is 0 Å². The molecule has 0 bridgehead atoms. The van der Waals surface area contributed by atoms with Gasteiger partial charge in [0.25, 0.3) is 0 Å². The predicted molar refractivity (Wildman–Crippen MR) is 76.5 cm³/mol. The zero-order valence-electron chi connectivity index (χ0n) is 11.5. The summed E-state index contributed by atoms with van der Waals surface area (Å²) in [6.07, 6.45) is 1.38. The van der Waals surface area contributed by atoms with E-state index in [9.17, 15) is 18.3 Å². The smallest absolute Gasteiger partial charge is 0.234 e. The van der Waals surface area contributed by atoms with Crippen molar-refractivity contribution in [2.45, 2.75) is 30.4 Å². The molecule has 2 aliphatic rings. The van der Waals surface area contributed by atoms with Gasteiger partial charge in [0.2, 0.25) is 5.91 Å². The molecule has 1 aliphatic carbocycles. The van der Waals surface area contributed by atoms with E-state index in [2.05, 4.69) is 5.32 Å². The van der Waals surface area contributed by atoms with Crippen LogP contribution < -0.4 is 5.32 Å². The summed E-state index contributed by atoms with van der Waals surface area (Å²) in [4.78, 5) is 13.8. The van der Waals surface area contributed by atoms with E-state index in [1.165, 1.54) is 0 Å². The quantitative estimate of drug-likeness (QED) is 0.647. The van der Waals surface area contributed by atoms with E-state index in [1.807, 2.05) is 11.9 Å². The molecule has 8 heteroatoms. The Morgan fingerprint density at radius 3 is 2.55 bits per heavy atom. The SMILES string of the molecule is CN(CC(=O)NC1CS(=O)(=O)CC1Cl)CC1CC(O)C1. The highest BCUT2D eigenvalue weighted by atomic mass is 35.5. The van der Waals surface area contributed by atoms with Gasteiger partial charge in [0.1, 0.15) is 0 Å². The second kappa shape index (κ2) is 6.17. The van der Waals surface area contributed by atoms with Gasteiger partial charge in [-0.15, -0.1) is 11.6 Å². The van der Waals surface area contributed by atoms with Crippen LogP contribution in [-0.4, -0.2) is 73.5 Å². The number of aliphatic hydroxyl groups is 1. The number of hydrogen-bond acceptors (Lipinski definition) is 5. The normalized spacial score (nSPS) is 35.8. The maximum atomic E-state index is 11.9. The molecule has 6 nitrogen and oxygen atoms in total. The van der Waals surface area contributed by atoms with Gasteiger partial charge in [-0.05, 0) is 25.8 Å². The Balaban J connectivity index is 1.72. The number of aliphatic hydroxyl groups excluding tert-OH is 1. The fourth-order valence-electron chi connectivity index (χ4n) is 2.79. The van der Waals surface area contributed by atoms with Gasteiger partial charge in [-0.2, -0.15) is 0 Å². The fraction of sp³-hybridized carbons (Fsp3) is 0.917. The number of likely N-dealkylation sites (N-methyl/N-ethyl adjacent to an activating group) is 1. The molecule has 20 heavy (non-hydrogen) atoms. The summed E-state index contributed by atoms with van der Waals surface area (Å²) < 4.78 is 22.8. The Morgan fingerprint density at radius 2 is 2.05 bits per heavy atom. The van der Waals surface area contributed by atoms with Crippen molar-refractivity contribution in [3.05, 3.63) is 0 Å². The van der Waals surface area contributed by atoms with Crippen molar-refractivity contribution in [3.63, 3.8) is 0 Å². The number of nitrogens with zero attached hydrogens (tertiary/aromatic N) is 1. The predicted octanol–water partition coefficient (Wildman–Crippen LogP) is -0.790. The lowest BCUT2D eigenvalue weighted by atomic mass is 9.82. The van der Waals surface area contributed by atoms with E-state index >= 15 is 0 Å². The molecule has 0 aromatic heterocycles. The van der Waals surface area contributed by atoms with Gasteiger partial charge in [0, 0.05) is 6.54 Å². The van der Waals surface area contributed by atoms with Crippen molar-refractivity contribution in [1.29, 1.82) is 0 Å². The summed E-state index contributed by atoms with van der Waals surface area (Å²) >= 11 is 5.94. The molecular formula is C12H21ClN2O4S. The van der Waals surface area contributed by atoms with Crippen molar-refractivity contribution in [2.24, 2.45) is 5.92 Å². The molecule has 0 aromatic rings. The number of alkyl halides is 1. The molecule has 2 atom stereocenters. The third-order valence-corrected chi connectivity index (χ3v) is 6.20. The maximum Gasteiger partial charge on any atom is 0.234 e. The number of carbonyl (C=O) groups excluding carboxylic acids is 1. The van der Waals surface area contributed by atoms with Crippen LogP contribution >= 0.6 is 11.6 Å². The zero-order chi connectivity index (χ0) is 14.9. The van der Waals surface area contributed by atoms with Crippen LogP contribution in [0.1, 0.15) is 12.8 Å². The molecule has 1 heterocycles. The zero-order valence-corrected chi connectivity index (χ0v) is 13.0. The Kier molecular flexibility index (Phi) is 4.94. The minimum absolute atomic E-state index is 0.0741. The van der Waals surface area contributed by atoms with Crippen LogP contribution in [0.2, 0.25) is 0 Å². The number of sulfone groups is 1. The van der Waals surface area contributed by atoms with Crippen molar-refractivity contribution >= 4 is 27.3 Å². The fourth-order valence-corrected chi connectivity index (χ4v) is 5.34. The summed E-state index contributed by atoms with van der Waals surface area (Å²) in [5.41, 5.74) is 0. The summed E-state index contributed by atoms with van der Waals surface area (Å²) in [6, 6.07) is -0.493. The minimum atomic E-state index is -3.13. The topological polar surface area (TPSA) is 86.7 Å². The molecule has 1 saturated heterocycles. The van der Waals surface area contributed by atoms with E-state index in [0.29, 0.717) is 5.92 Å². The second-order valence-electron chi connectivity index (χ2n) is 5.95. The molecule has 2 N–H and O–H groups in total. The van der Waals surface area contributed by atoms with Crippen molar-refractivity contribution in [1.82, 2.24) is 10.2 Å². The Morgan fingerprint density at radius 1 is 1.40 bits per heavy atom. The number of halogens is 1. The molecule has 1 aliphatic heterocycles. The monoisotopic (exact) mass is 324 g/mol. The number of hydrogen-bond donors (Lipinski definition) is 2. The summed E-state index contributed by atoms with van der Waals surface area (Å²) in [6.45, 7) is 0.977. The first-order valence-corrected chi connectivity index (χ1v) is 9.01. The van der Waals surface area contributed by atoms with Crippen LogP contribution in [0.25, 0.3) is 0 Å². The van der Waals surface area contributed by atoms with E-state index in [-0.39, 0.29) is 30.1 Å². The third-order valence-electron chi connectivity index (χ3n) is 3.82. The summed E-state index contributed by atoms with van der Waals surface area (Å²) in [5.74, 6) is 0.0800. The maximum absolute atomic E-state index is 11.9. The molecule has 1 amide bonds. The molecular weight excluding hydrogens is 304 g/mol. The molecule has 0 radical (unpaired) electrons. The third kappa shape index (κ3) is 4.31. The minimum Gasteiger partial charge on any atom is -0.393 e. The van der Waals surface area contributed by atoms with Crippen LogP contribution in [0.3, 0.4) is 0 Å². The number of carbonyl (C=O) groups is 1. The van der Waals surface area contributed by atoms with E-state index in [4.69, 9.17) is 11.6 Å². The van der Waals surface area contributed by atoms with Crippen LogP contribution in [0.15, 0.2) is 0 Å². The van der Waals surface area contributed by atoms with Crippen molar-refractivity contribution in [3.8, 4) is 0 Å². The van der Waals surface area contributed by atoms with Gasteiger partial charge in [-0.3, -0.25) is 9.69 Å². The van der Waals surface area contributed by atoms with E-state index < -0.39 is 21.3 Å². The van der Waals surface area contributed by atoms with Crippen LogP contribution in [0, 0.1) is 5.92 Å². The first-order valence-electron chi connectivity index (χ1n) is 6.75. The lowest BCUT2D eigenvalue weighted by molar-refractivity contribution is -0.122. The summed E-state index contributed by atoms with van der Waals surface area (Å²) in [5, 5.41) is 11.4. The van der Waals surface area contributed by atoms with Gasteiger partial charge < -0.3 is 10.4 Å². The van der Waals surface area contributed by atoms with Crippen molar-refractivity contribution in [2.75, 3.05) is 31.6 Å². The van der Waals surface area contributed by atoms with Gasteiger partial charge in [0.15, 0.2) is 9.84 Å². The highest BCUT2D eigenvalue weighted by Crippen LogP contribution is 2.27. The molecule has 2 fully saturated rings. The van der Waals surface area contributed by atoms with Gasteiger partial charge in [-0.1, -0.05) is 0 Å². The largest absolute Gasteiger partial charge is 0.393 e. The summed E-state index contributed by atoms with van der Waals surface area (Å²) in [7, 11) is -1.29. The molecule has 2 rings (SSSR count). The molecule has 2 unspecified atom stereocenters. The first kappa shape index (κ1) is 16.0. The lowest BCUT2D eigenvalue weighted by Crippen LogP contribution is -2.46. The van der Waals surface area contributed by atoms with Crippen LogP contribution in [-0.2, 0) is 14.6 Å². The van der Waals surface area contributed by atoms with Gasteiger partial charge in [-0.25, -0.2) is 8.42 Å². The molecule has 1 saturated carbocycles. The molecule has 116 valence electrons. The number of rotatable bonds is 5. The number of amides is 1. The Hall–Kier alpha value is -0.370. The molecule has 0 spiro atoms. The van der Waals surface area contributed by atoms with Crippen molar-refractivity contribution < 1.29 is 18.3 Å². The highest BCUT2D eigenvalue weighted by Gasteiger charge is 2.37. The highest BCUT2D eigenvalue weighted by molar-refractivity contribution is 7.91.